The van der Waals surface area contributed by atoms with Crippen molar-refractivity contribution in [3.05, 3.63) is 0 Å². The van der Waals surface area contributed by atoms with Gasteiger partial charge in [-0.1, -0.05) is 44.6 Å². The van der Waals surface area contributed by atoms with Crippen molar-refractivity contribution < 1.29 is 24.1 Å². The molecule has 28 heavy (non-hydrogen) atoms. The molecule has 0 aliphatic heterocycles. The second-order valence-corrected chi connectivity index (χ2v) is 5.99. The Balaban J connectivity index is -0.000000147. The lowest BCUT2D eigenvalue weighted by Crippen LogP contribution is -2.38. The molecule has 0 fully saturated rings. The van der Waals surface area contributed by atoms with Crippen LogP contribution in [0, 0.1) is 0 Å². The van der Waals surface area contributed by atoms with E-state index >= 15 is 0 Å². The SMILES string of the molecule is C.C.C.C.C.C.COCCOCC(C)OCC(C)OCC(C)N(C)CC(C)O. The second-order valence-electron chi connectivity index (χ2n) is 5.99. The number of rotatable bonds is 14. The van der Waals surface area contributed by atoms with Gasteiger partial charge in [0.25, 0.3) is 0 Å². The first-order chi connectivity index (χ1) is 10.4. The first kappa shape index (κ1) is 46.1. The Morgan fingerprint density at radius 2 is 1.21 bits per heavy atom. The largest absolute Gasteiger partial charge is 0.392 e. The summed E-state index contributed by atoms with van der Waals surface area (Å²) >= 11 is 0. The van der Waals surface area contributed by atoms with Crippen LogP contribution in [0.3, 0.4) is 0 Å². The van der Waals surface area contributed by atoms with Crippen LogP contribution >= 0.6 is 0 Å². The fourth-order valence-electron chi connectivity index (χ4n) is 1.82. The van der Waals surface area contributed by atoms with Gasteiger partial charge < -0.3 is 24.1 Å². The molecule has 6 heteroatoms. The number of hydrogen-bond donors (Lipinski definition) is 1. The average Bonchev–Trinajstić information content (AvgIpc) is 2.46. The van der Waals surface area contributed by atoms with E-state index in [1.165, 1.54) is 0 Å². The molecule has 0 aliphatic rings. The summed E-state index contributed by atoms with van der Waals surface area (Å²) in [5, 5.41) is 9.38. The number of aliphatic hydroxyl groups excluding tert-OH is 1. The van der Waals surface area contributed by atoms with Gasteiger partial charge in [-0.15, -0.1) is 0 Å². The van der Waals surface area contributed by atoms with Crippen molar-refractivity contribution in [2.45, 2.75) is 96.6 Å². The van der Waals surface area contributed by atoms with Gasteiger partial charge in [0.2, 0.25) is 0 Å². The maximum atomic E-state index is 9.38. The minimum Gasteiger partial charge on any atom is -0.392 e. The zero-order valence-electron chi connectivity index (χ0n) is 15.1. The van der Waals surface area contributed by atoms with Crippen molar-refractivity contribution in [1.82, 2.24) is 4.90 Å². The zero-order valence-corrected chi connectivity index (χ0v) is 15.1. The van der Waals surface area contributed by atoms with Gasteiger partial charge in [0.05, 0.1) is 51.3 Å². The summed E-state index contributed by atoms with van der Waals surface area (Å²) in [5.41, 5.74) is 0. The summed E-state index contributed by atoms with van der Waals surface area (Å²) in [4.78, 5) is 2.09. The lowest BCUT2D eigenvalue weighted by molar-refractivity contribution is -0.0683. The molecular weight excluding hydrogens is 358 g/mol. The van der Waals surface area contributed by atoms with Crippen LogP contribution in [0.1, 0.15) is 72.3 Å². The summed E-state index contributed by atoms with van der Waals surface area (Å²) in [6, 6.07) is 0.256. The predicted molar refractivity (Wildman–Crippen MR) is 128 cm³/mol. The number of methoxy groups -OCH3 is 1. The quantitative estimate of drug-likeness (QED) is 0.402. The highest BCUT2D eigenvalue weighted by Crippen LogP contribution is 2.03. The molecule has 0 aromatic rings. The minimum atomic E-state index is -0.327. The highest BCUT2D eigenvalue weighted by atomic mass is 16.6. The van der Waals surface area contributed by atoms with Crippen molar-refractivity contribution in [3.8, 4) is 0 Å². The van der Waals surface area contributed by atoms with E-state index in [1.54, 1.807) is 14.0 Å². The molecule has 4 atom stereocenters. The van der Waals surface area contributed by atoms with E-state index in [1.807, 2.05) is 20.9 Å². The summed E-state index contributed by atoms with van der Waals surface area (Å²) in [6.45, 7) is 11.4. The zero-order chi connectivity index (χ0) is 17.0. The van der Waals surface area contributed by atoms with Crippen LogP contribution in [0.4, 0.5) is 0 Å². The molecule has 4 unspecified atom stereocenters. The maximum absolute atomic E-state index is 9.38. The first-order valence-corrected chi connectivity index (χ1v) is 8.05. The van der Waals surface area contributed by atoms with Crippen LogP contribution in [0.15, 0.2) is 0 Å². The highest BCUT2D eigenvalue weighted by Gasteiger charge is 2.14. The summed E-state index contributed by atoms with van der Waals surface area (Å²) in [7, 11) is 3.64. The lowest BCUT2D eigenvalue weighted by Gasteiger charge is -2.27. The Hall–Kier alpha value is -0.240. The van der Waals surface area contributed by atoms with E-state index < -0.39 is 0 Å². The van der Waals surface area contributed by atoms with Crippen LogP contribution in [0.5, 0.6) is 0 Å². The van der Waals surface area contributed by atoms with Crippen LogP contribution in [0.2, 0.25) is 0 Å². The Morgan fingerprint density at radius 3 is 1.68 bits per heavy atom. The van der Waals surface area contributed by atoms with Gasteiger partial charge in [-0.3, -0.25) is 4.90 Å². The van der Waals surface area contributed by atoms with E-state index in [2.05, 4.69) is 11.8 Å². The predicted octanol–water partition coefficient (Wildman–Crippen LogP) is 4.98. The van der Waals surface area contributed by atoms with Gasteiger partial charge in [0.15, 0.2) is 0 Å². The normalized spacial score (nSPS) is 13.7. The topological polar surface area (TPSA) is 60.4 Å². The molecule has 0 saturated heterocycles. The smallest absolute Gasteiger partial charge is 0.0781 e. The molecular formula is C22H59NO5. The maximum Gasteiger partial charge on any atom is 0.0781 e. The lowest BCUT2D eigenvalue weighted by atomic mass is 10.3. The number of nitrogens with zero attached hydrogens (tertiary/aromatic N) is 1. The van der Waals surface area contributed by atoms with Crippen molar-refractivity contribution >= 4 is 0 Å². The molecule has 0 saturated carbocycles. The van der Waals surface area contributed by atoms with Crippen molar-refractivity contribution in [1.29, 1.82) is 0 Å². The van der Waals surface area contributed by atoms with Gasteiger partial charge in [-0.2, -0.15) is 0 Å². The van der Waals surface area contributed by atoms with Gasteiger partial charge >= 0.3 is 0 Å². The molecule has 0 bridgehead atoms. The van der Waals surface area contributed by atoms with Crippen LogP contribution in [-0.4, -0.2) is 88.1 Å². The Morgan fingerprint density at radius 1 is 0.750 bits per heavy atom. The van der Waals surface area contributed by atoms with Crippen LogP contribution in [0.25, 0.3) is 0 Å². The van der Waals surface area contributed by atoms with Crippen LogP contribution in [-0.2, 0) is 18.9 Å². The number of hydrogen-bond acceptors (Lipinski definition) is 6. The van der Waals surface area contributed by atoms with E-state index in [0.717, 1.165) is 0 Å². The molecule has 0 amide bonds. The van der Waals surface area contributed by atoms with Gasteiger partial charge in [0, 0.05) is 19.7 Å². The van der Waals surface area contributed by atoms with Gasteiger partial charge in [-0.25, -0.2) is 0 Å². The van der Waals surface area contributed by atoms with Crippen molar-refractivity contribution in [2.75, 3.05) is 53.7 Å². The molecule has 0 heterocycles. The molecule has 6 nitrogen and oxygen atoms in total. The molecule has 0 aromatic carbocycles. The van der Waals surface area contributed by atoms with Crippen LogP contribution < -0.4 is 0 Å². The molecule has 1 N–H and O–H groups in total. The third kappa shape index (κ3) is 28.0. The fraction of sp³-hybridized carbons (Fsp3) is 1.00. The average molecular weight is 418 g/mol. The highest BCUT2D eigenvalue weighted by molar-refractivity contribution is 4.65. The molecule has 0 spiro atoms. The Kier molecular flexibility index (Phi) is 47.7. The van der Waals surface area contributed by atoms with E-state index in [9.17, 15) is 5.11 Å². The molecule has 0 rings (SSSR count). The Labute approximate surface area is 179 Å². The second kappa shape index (κ2) is 29.0. The summed E-state index contributed by atoms with van der Waals surface area (Å²) in [6.07, 6.45) is -0.255. The minimum absolute atomic E-state index is 0. The molecule has 0 aromatic heterocycles. The number of likely N-dealkylation sites (N-methyl/N-ethyl adjacent to an activating group) is 1. The van der Waals surface area contributed by atoms with E-state index in [-0.39, 0.29) is 68.9 Å². The fourth-order valence-corrected chi connectivity index (χ4v) is 1.82. The van der Waals surface area contributed by atoms with Crippen molar-refractivity contribution in [3.63, 3.8) is 0 Å². The standard InChI is InChI=1S/C16H35NO5.6CH4/c1-13(17(5)9-14(2)18)10-21-16(4)12-22-15(3)11-20-8-7-19-6;;;;;;/h13-16,18H,7-12H2,1-6H3;6*1H4. The molecule has 182 valence electrons. The van der Waals surface area contributed by atoms with E-state index in [0.29, 0.717) is 39.6 Å². The number of aliphatic hydroxyl groups is 1. The third-order valence-electron chi connectivity index (χ3n) is 3.33. The monoisotopic (exact) mass is 417 g/mol. The Bertz CT molecular complexity index is 255. The number of ether oxygens (including phenoxy) is 4. The van der Waals surface area contributed by atoms with Gasteiger partial charge in [0.1, 0.15) is 0 Å². The summed E-state index contributed by atoms with van der Waals surface area (Å²) in [5.74, 6) is 0. The van der Waals surface area contributed by atoms with Gasteiger partial charge in [-0.05, 0) is 34.7 Å². The van der Waals surface area contributed by atoms with Crippen molar-refractivity contribution in [2.24, 2.45) is 0 Å². The first-order valence-electron chi connectivity index (χ1n) is 8.05. The third-order valence-corrected chi connectivity index (χ3v) is 3.33. The molecule has 0 radical (unpaired) electrons. The van der Waals surface area contributed by atoms with E-state index in [4.69, 9.17) is 18.9 Å². The summed E-state index contributed by atoms with van der Waals surface area (Å²) < 4.78 is 21.8. The molecule has 0 aliphatic carbocycles.